The maximum atomic E-state index is 13.5. The summed E-state index contributed by atoms with van der Waals surface area (Å²) in [5, 5.41) is 0. The van der Waals surface area contributed by atoms with Crippen LogP contribution in [0.25, 0.3) is 6.08 Å². The van der Waals surface area contributed by atoms with E-state index in [2.05, 4.69) is 20.9 Å². The molecular weight excluding hydrogens is 476 g/mol. The van der Waals surface area contributed by atoms with Gasteiger partial charge in [0.05, 0.1) is 28.5 Å². The van der Waals surface area contributed by atoms with Crippen LogP contribution in [0.2, 0.25) is 0 Å². The van der Waals surface area contributed by atoms with E-state index < -0.39 is 12.0 Å². The fraction of sp³-hybridized carbons (Fsp3) is 0.208. The van der Waals surface area contributed by atoms with E-state index in [1.54, 1.807) is 18.4 Å². The minimum Gasteiger partial charge on any atom is -0.463 e. The van der Waals surface area contributed by atoms with Gasteiger partial charge in [0.25, 0.3) is 5.56 Å². The normalized spacial score (nSPS) is 16.1. The summed E-state index contributed by atoms with van der Waals surface area (Å²) in [5.41, 5.74) is 3.64. The number of allylic oxidation sites excluding steroid dienone is 1. The second kappa shape index (κ2) is 8.77. The molecule has 0 saturated heterocycles. The van der Waals surface area contributed by atoms with Gasteiger partial charge in [-0.1, -0.05) is 69.2 Å². The summed E-state index contributed by atoms with van der Waals surface area (Å²) in [6.45, 7) is 5.81. The van der Waals surface area contributed by atoms with Crippen LogP contribution < -0.4 is 14.9 Å². The van der Waals surface area contributed by atoms with Crippen LogP contribution in [0.15, 0.2) is 74.1 Å². The lowest BCUT2D eigenvalue weighted by molar-refractivity contribution is -0.139. The largest absolute Gasteiger partial charge is 0.463 e. The second-order valence-corrected chi connectivity index (χ2v) is 9.19. The molecule has 0 saturated carbocycles. The summed E-state index contributed by atoms with van der Waals surface area (Å²) >= 11 is 4.79. The molecule has 0 spiro atoms. The number of halogens is 1. The Kier molecular flexibility index (Phi) is 6.07. The van der Waals surface area contributed by atoms with E-state index in [0.717, 1.165) is 21.2 Å². The highest BCUT2D eigenvalue weighted by Crippen LogP contribution is 2.30. The van der Waals surface area contributed by atoms with E-state index in [-0.39, 0.29) is 12.2 Å². The first kappa shape index (κ1) is 21.5. The predicted molar refractivity (Wildman–Crippen MR) is 126 cm³/mol. The molecule has 158 valence electrons. The van der Waals surface area contributed by atoms with E-state index in [4.69, 9.17) is 4.74 Å². The molecule has 0 fully saturated rings. The molecule has 0 bridgehead atoms. The number of fused-ring (bicyclic) bond motifs is 1. The van der Waals surface area contributed by atoms with Crippen LogP contribution in [0.3, 0.4) is 0 Å². The van der Waals surface area contributed by atoms with E-state index in [1.807, 2.05) is 61.5 Å². The summed E-state index contributed by atoms with van der Waals surface area (Å²) in [6, 6.07) is 15.0. The van der Waals surface area contributed by atoms with Gasteiger partial charge in [-0.15, -0.1) is 0 Å². The zero-order valence-corrected chi connectivity index (χ0v) is 19.8. The van der Waals surface area contributed by atoms with Crippen molar-refractivity contribution in [2.45, 2.75) is 26.8 Å². The van der Waals surface area contributed by atoms with Crippen molar-refractivity contribution < 1.29 is 9.53 Å². The Morgan fingerprint density at radius 2 is 1.97 bits per heavy atom. The van der Waals surface area contributed by atoms with Crippen LogP contribution in [0.4, 0.5) is 0 Å². The standard InChI is InChI=1S/C24H21BrN2O3S/c1-4-30-23(29)20-15(3)26-24-27(21(20)17-10-8-14(2)9-11-17)22(28)19(31-24)13-16-6-5-7-18(25)12-16/h5-13,21H,4H2,1-3H3/b19-13+. The number of carbonyl (C=O) groups excluding carboxylic acids is 1. The number of hydrogen-bond donors (Lipinski definition) is 0. The monoisotopic (exact) mass is 496 g/mol. The number of thiazole rings is 1. The van der Waals surface area contributed by atoms with Gasteiger partial charge in [0, 0.05) is 4.47 Å². The Labute approximate surface area is 192 Å². The number of carbonyl (C=O) groups is 1. The summed E-state index contributed by atoms with van der Waals surface area (Å²) < 4.78 is 8.42. The maximum absolute atomic E-state index is 13.5. The molecule has 3 aromatic rings. The molecular formula is C24H21BrN2O3S. The second-order valence-electron chi connectivity index (χ2n) is 7.27. The lowest BCUT2D eigenvalue weighted by Gasteiger charge is -2.24. The van der Waals surface area contributed by atoms with Gasteiger partial charge in [-0.3, -0.25) is 9.36 Å². The van der Waals surface area contributed by atoms with E-state index in [9.17, 15) is 9.59 Å². The van der Waals surface area contributed by atoms with Crippen LogP contribution in [0.1, 0.15) is 36.6 Å². The van der Waals surface area contributed by atoms with Crippen LogP contribution in [-0.4, -0.2) is 17.1 Å². The number of esters is 1. The third kappa shape index (κ3) is 4.20. The number of hydrogen-bond acceptors (Lipinski definition) is 5. The lowest BCUT2D eigenvalue weighted by Crippen LogP contribution is -2.39. The molecule has 7 heteroatoms. The maximum Gasteiger partial charge on any atom is 0.338 e. The van der Waals surface area contributed by atoms with Crippen molar-refractivity contribution in [1.29, 1.82) is 0 Å². The SMILES string of the molecule is CCOC(=O)C1=C(C)N=c2s/c(=C/c3cccc(Br)c3)c(=O)n2C1c1ccc(C)cc1. The first-order valence-electron chi connectivity index (χ1n) is 9.91. The third-order valence-corrected chi connectivity index (χ3v) is 6.53. The molecule has 31 heavy (non-hydrogen) atoms. The van der Waals surface area contributed by atoms with Crippen molar-refractivity contribution in [3.8, 4) is 0 Å². The topological polar surface area (TPSA) is 60.7 Å². The molecule has 4 rings (SSSR count). The van der Waals surface area contributed by atoms with Crippen LogP contribution in [0.5, 0.6) is 0 Å². The highest BCUT2D eigenvalue weighted by atomic mass is 79.9. The van der Waals surface area contributed by atoms with Crippen LogP contribution in [-0.2, 0) is 9.53 Å². The number of aromatic nitrogens is 1. The van der Waals surface area contributed by atoms with Gasteiger partial charge in [0.15, 0.2) is 4.80 Å². The molecule has 5 nitrogen and oxygen atoms in total. The minimum atomic E-state index is -0.583. The highest BCUT2D eigenvalue weighted by molar-refractivity contribution is 9.10. The van der Waals surface area contributed by atoms with Gasteiger partial charge in [0.1, 0.15) is 0 Å². The Hall–Kier alpha value is -2.77. The van der Waals surface area contributed by atoms with Crippen molar-refractivity contribution >= 4 is 39.3 Å². The van der Waals surface area contributed by atoms with Crippen molar-refractivity contribution in [2.24, 2.45) is 4.99 Å². The smallest absolute Gasteiger partial charge is 0.338 e. The molecule has 1 aromatic heterocycles. The first-order valence-corrected chi connectivity index (χ1v) is 11.5. The van der Waals surface area contributed by atoms with Crippen molar-refractivity contribution in [1.82, 2.24) is 4.57 Å². The van der Waals surface area contributed by atoms with Gasteiger partial charge in [-0.25, -0.2) is 9.79 Å². The average molecular weight is 497 g/mol. The van der Waals surface area contributed by atoms with Crippen molar-refractivity contribution in [2.75, 3.05) is 6.61 Å². The van der Waals surface area contributed by atoms with Gasteiger partial charge < -0.3 is 4.74 Å². The number of ether oxygens (including phenoxy) is 1. The molecule has 2 aromatic carbocycles. The molecule has 1 aliphatic heterocycles. The zero-order chi connectivity index (χ0) is 22.1. The summed E-state index contributed by atoms with van der Waals surface area (Å²) in [5.74, 6) is -0.449. The number of nitrogens with zero attached hydrogens (tertiary/aromatic N) is 2. The lowest BCUT2D eigenvalue weighted by atomic mass is 9.95. The van der Waals surface area contributed by atoms with Crippen molar-refractivity contribution in [3.63, 3.8) is 0 Å². The molecule has 1 aliphatic rings. The fourth-order valence-corrected chi connectivity index (χ4v) is 5.07. The van der Waals surface area contributed by atoms with Crippen LogP contribution >= 0.6 is 27.3 Å². The Morgan fingerprint density at radius 3 is 2.65 bits per heavy atom. The van der Waals surface area contributed by atoms with E-state index >= 15 is 0 Å². The van der Waals surface area contributed by atoms with E-state index in [0.29, 0.717) is 20.6 Å². The highest BCUT2D eigenvalue weighted by Gasteiger charge is 2.33. The third-order valence-electron chi connectivity index (χ3n) is 5.06. The average Bonchev–Trinajstić information content (AvgIpc) is 3.02. The molecule has 2 heterocycles. The number of rotatable bonds is 4. The molecule has 0 radical (unpaired) electrons. The Balaban J connectivity index is 1.96. The molecule has 1 atom stereocenters. The Bertz CT molecular complexity index is 1370. The fourth-order valence-electron chi connectivity index (χ4n) is 3.60. The van der Waals surface area contributed by atoms with Gasteiger partial charge in [-0.05, 0) is 50.1 Å². The number of aryl methyl sites for hydroxylation is 1. The molecule has 0 amide bonds. The zero-order valence-electron chi connectivity index (χ0n) is 17.4. The van der Waals surface area contributed by atoms with Gasteiger partial charge in [-0.2, -0.15) is 0 Å². The molecule has 0 N–H and O–H groups in total. The van der Waals surface area contributed by atoms with Gasteiger partial charge >= 0.3 is 5.97 Å². The molecule has 0 aliphatic carbocycles. The predicted octanol–water partition coefficient (Wildman–Crippen LogP) is 3.87. The number of benzene rings is 2. The van der Waals surface area contributed by atoms with Crippen molar-refractivity contribution in [3.05, 3.63) is 101 Å². The minimum absolute atomic E-state index is 0.177. The van der Waals surface area contributed by atoms with Crippen LogP contribution in [0, 0.1) is 6.92 Å². The Morgan fingerprint density at radius 1 is 1.23 bits per heavy atom. The molecule has 1 unspecified atom stereocenters. The summed E-state index contributed by atoms with van der Waals surface area (Å²) in [6.07, 6.45) is 1.85. The van der Waals surface area contributed by atoms with Gasteiger partial charge in [0.2, 0.25) is 0 Å². The van der Waals surface area contributed by atoms with E-state index in [1.165, 1.54) is 11.3 Å². The summed E-state index contributed by atoms with van der Waals surface area (Å²) in [7, 11) is 0. The quantitative estimate of drug-likeness (QED) is 0.515. The first-order chi connectivity index (χ1) is 14.9. The summed E-state index contributed by atoms with van der Waals surface area (Å²) in [4.78, 5) is 31.5.